The van der Waals surface area contributed by atoms with Crippen molar-refractivity contribution < 1.29 is 9.47 Å². The molecule has 0 aliphatic rings. The van der Waals surface area contributed by atoms with Gasteiger partial charge in [-0.3, -0.25) is 0 Å². The second-order valence-electron chi connectivity index (χ2n) is 4.20. The molecule has 0 bridgehead atoms. The minimum absolute atomic E-state index is 0.730. The Labute approximate surface area is 110 Å². The van der Waals surface area contributed by atoms with Crippen molar-refractivity contribution in [1.29, 1.82) is 0 Å². The Morgan fingerprint density at radius 2 is 1.83 bits per heavy atom. The van der Waals surface area contributed by atoms with E-state index < -0.39 is 0 Å². The van der Waals surface area contributed by atoms with E-state index in [2.05, 4.69) is 11.8 Å². The van der Waals surface area contributed by atoms with Gasteiger partial charge in [-0.2, -0.15) is 0 Å². The molecule has 4 heteroatoms. The number of nitrogens with zero attached hydrogens (tertiary/aromatic N) is 1. The summed E-state index contributed by atoms with van der Waals surface area (Å²) in [4.78, 5) is 2.36. The quantitative estimate of drug-likeness (QED) is 0.539. The van der Waals surface area contributed by atoms with Gasteiger partial charge in [-0.1, -0.05) is 6.92 Å². The fourth-order valence-corrected chi connectivity index (χ4v) is 1.69. The highest BCUT2D eigenvalue weighted by Gasteiger charge is 2.01. The second kappa shape index (κ2) is 8.78. The van der Waals surface area contributed by atoms with Crippen molar-refractivity contribution in [3.8, 4) is 5.75 Å². The van der Waals surface area contributed by atoms with Crippen LogP contribution in [0.25, 0.3) is 0 Å². The molecule has 4 nitrogen and oxygen atoms in total. The van der Waals surface area contributed by atoms with Gasteiger partial charge in [-0.05, 0) is 37.2 Å². The van der Waals surface area contributed by atoms with Crippen LogP contribution in [0, 0.1) is 0 Å². The molecule has 0 amide bonds. The van der Waals surface area contributed by atoms with Crippen LogP contribution in [-0.2, 0) is 4.74 Å². The van der Waals surface area contributed by atoms with Gasteiger partial charge in [0.25, 0.3) is 0 Å². The number of rotatable bonds is 9. The lowest BCUT2D eigenvalue weighted by atomic mass is 10.3. The monoisotopic (exact) mass is 252 g/mol. The molecule has 2 N–H and O–H groups in total. The molecule has 0 fully saturated rings. The Hall–Kier alpha value is -1.26. The summed E-state index contributed by atoms with van der Waals surface area (Å²) >= 11 is 0. The molecule has 18 heavy (non-hydrogen) atoms. The zero-order valence-corrected chi connectivity index (χ0v) is 11.4. The molecule has 0 heterocycles. The zero-order valence-electron chi connectivity index (χ0n) is 11.4. The van der Waals surface area contributed by atoms with Crippen LogP contribution in [0.3, 0.4) is 0 Å². The molecule has 0 aromatic heterocycles. The minimum Gasteiger partial charge on any atom is -0.494 e. The standard InChI is InChI=1S/C14H24N2O2/c1-3-16(10-12-17-2)9-4-11-18-14-7-5-13(15)6-8-14/h5-8H,3-4,9-12,15H2,1-2H3. The first-order valence-electron chi connectivity index (χ1n) is 6.46. The van der Waals surface area contributed by atoms with Crippen molar-refractivity contribution in [2.75, 3.05) is 45.7 Å². The van der Waals surface area contributed by atoms with E-state index in [-0.39, 0.29) is 0 Å². The highest BCUT2D eigenvalue weighted by Crippen LogP contribution is 2.13. The molecule has 0 saturated heterocycles. The van der Waals surface area contributed by atoms with Crippen molar-refractivity contribution >= 4 is 5.69 Å². The first-order valence-corrected chi connectivity index (χ1v) is 6.46. The highest BCUT2D eigenvalue weighted by atomic mass is 16.5. The lowest BCUT2D eigenvalue weighted by molar-refractivity contribution is 0.146. The Morgan fingerprint density at radius 3 is 2.44 bits per heavy atom. The number of anilines is 1. The van der Waals surface area contributed by atoms with Gasteiger partial charge >= 0.3 is 0 Å². The van der Waals surface area contributed by atoms with Crippen molar-refractivity contribution in [2.24, 2.45) is 0 Å². The summed E-state index contributed by atoms with van der Waals surface area (Å²) in [6.45, 7) is 6.74. The summed E-state index contributed by atoms with van der Waals surface area (Å²) in [6.07, 6.45) is 1.02. The first kappa shape index (κ1) is 14.8. The lowest BCUT2D eigenvalue weighted by Crippen LogP contribution is -2.29. The molecule has 0 aliphatic carbocycles. The van der Waals surface area contributed by atoms with Gasteiger partial charge in [0.2, 0.25) is 0 Å². The van der Waals surface area contributed by atoms with Crippen molar-refractivity contribution in [3.63, 3.8) is 0 Å². The fraction of sp³-hybridized carbons (Fsp3) is 0.571. The van der Waals surface area contributed by atoms with E-state index in [9.17, 15) is 0 Å². The summed E-state index contributed by atoms with van der Waals surface area (Å²) in [6, 6.07) is 7.51. The molecule has 0 spiro atoms. The van der Waals surface area contributed by atoms with Crippen LogP contribution in [0.5, 0.6) is 5.75 Å². The third-order valence-electron chi connectivity index (χ3n) is 2.83. The van der Waals surface area contributed by atoms with E-state index in [4.69, 9.17) is 15.2 Å². The van der Waals surface area contributed by atoms with Gasteiger partial charge in [0.05, 0.1) is 13.2 Å². The van der Waals surface area contributed by atoms with Crippen LogP contribution >= 0.6 is 0 Å². The highest BCUT2D eigenvalue weighted by molar-refractivity contribution is 5.41. The fourth-order valence-electron chi connectivity index (χ4n) is 1.69. The molecular formula is C14H24N2O2. The smallest absolute Gasteiger partial charge is 0.119 e. The van der Waals surface area contributed by atoms with E-state index in [1.807, 2.05) is 24.3 Å². The van der Waals surface area contributed by atoms with Gasteiger partial charge in [0.15, 0.2) is 0 Å². The molecule has 102 valence electrons. The SMILES string of the molecule is CCN(CCCOc1ccc(N)cc1)CCOC. The maximum atomic E-state index is 5.65. The Balaban J connectivity index is 2.15. The Bertz CT molecular complexity index is 314. The average molecular weight is 252 g/mol. The van der Waals surface area contributed by atoms with E-state index in [0.29, 0.717) is 0 Å². The van der Waals surface area contributed by atoms with Crippen LogP contribution in [0.4, 0.5) is 5.69 Å². The van der Waals surface area contributed by atoms with Crippen molar-refractivity contribution in [3.05, 3.63) is 24.3 Å². The summed E-state index contributed by atoms with van der Waals surface area (Å²) in [5, 5.41) is 0. The zero-order chi connectivity index (χ0) is 13.2. The molecule has 0 aliphatic heterocycles. The van der Waals surface area contributed by atoms with E-state index >= 15 is 0 Å². The number of hydrogen-bond donors (Lipinski definition) is 1. The Kier molecular flexibility index (Phi) is 7.22. The van der Waals surface area contributed by atoms with E-state index in [1.165, 1.54) is 0 Å². The number of nitrogens with two attached hydrogens (primary N) is 1. The number of methoxy groups -OCH3 is 1. The largest absolute Gasteiger partial charge is 0.494 e. The van der Waals surface area contributed by atoms with Crippen molar-refractivity contribution in [1.82, 2.24) is 4.90 Å². The van der Waals surface area contributed by atoms with E-state index in [0.717, 1.165) is 50.7 Å². The molecule has 0 unspecified atom stereocenters. The minimum atomic E-state index is 0.730. The first-order chi connectivity index (χ1) is 8.76. The number of benzene rings is 1. The normalized spacial score (nSPS) is 10.8. The molecule has 0 atom stereocenters. The number of ether oxygens (including phenoxy) is 2. The van der Waals surface area contributed by atoms with Crippen molar-refractivity contribution in [2.45, 2.75) is 13.3 Å². The number of hydrogen-bond acceptors (Lipinski definition) is 4. The second-order valence-corrected chi connectivity index (χ2v) is 4.20. The van der Waals surface area contributed by atoms with Crippen LogP contribution in [0.1, 0.15) is 13.3 Å². The maximum Gasteiger partial charge on any atom is 0.119 e. The predicted molar refractivity (Wildman–Crippen MR) is 75.0 cm³/mol. The average Bonchev–Trinajstić information content (AvgIpc) is 2.40. The predicted octanol–water partition coefficient (Wildman–Crippen LogP) is 2.01. The third kappa shape index (κ3) is 5.89. The molecule has 0 saturated carbocycles. The summed E-state index contributed by atoms with van der Waals surface area (Å²) in [7, 11) is 1.73. The van der Waals surface area contributed by atoms with Gasteiger partial charge in [-0.25, -0.2) is 0 Å². The molecule has 0 radical (unpaired) electrons. The van der Waals surface area contributed by atoms with Gasteiger partial charge in [0, 0.05) is 25.9 Å². The Morgan fingerprint density at radius 1 is 1.11 bits per heavy atom. The van der Waals surface area contributed by atoms with E-state index in [1.54, 1.807) is 7.11 Å². The molecule has 1 aromatic rings. The summed E-state index contributed by atoms with van der Waals surface area (Å²) in [5.74, 6) is 0.879. The maximum absolute atomic E-state index is 5.65. The van der Waals surface area contributed by atoms with Crippen LogP contribution < -0.4 is 10.5 Å². The number of nitrogen functional groups attached to an aromatic ring is 1. The summed E-state index contributed by atoms with van der Waals surface area (Å²) < 4.78 is 10.7. The van der Waals surface area contributed by atoms with Gasteiger partial charge < -0.3 is 20.1 Å². The molecule has 1 aromatic carbocycles. The lowest BCUT2D eigenvalue weighted by Gasteiger charge is -2.19. The third-order valence-corrected chi connectivity index (χ3v) is 2.83. The topological polar surface area (TPSA) is 47.7 Å². The number of likely N-dealkylation sites (N-methyl/N-ethyl adjacent to an activating group) is 1. The summed E-state index contributed by atoms with van der Waals surface area (Å²) in [5.41, 5.74) is 6.37. The van der Waals surface area contributed by atoms with Crippen LogP contribution in [0.15, 0.2) is 24.3 Å². The van der Waals surface area contributed by atoms with Crippen LogP contribution in [-0.4, -0.2) is 44.9 Å². The molecule has 1 rings (SSSR count). The van der Waals surface area contributed by atoms with Gasteiger partial charge in [-0.15, -0.1) is 0 Å². The van der Waals surface area contributed by atoms with Crippen LogP contribution in [0.2, 0.25) is 0 Å². The molecular weight excluding hydrogens is 228 g/mol. The van der Waals surface area contributed by atoms with Gasteiger partial charge in [0.1, 0.15) is 5.75 Å².